The van der Waals surface area contributed by atoms with Crippen molar-refractivity contribution in [1.82, 2.24) is 15.6 Å². The molecule has 4 rings (SSSR count). The van der Waals surface area contributed by atoms with Crippen LogP contribution in [-0.4, -0.2) is 37.5 Å². The van der Waals surface area contributed by atoms with E-state index in [0.29, 0.717) is 6.04 Å². The summed E-state index contributed by atoms with van der Waals surface area (Å²) in [5, 5.41) is 6.27. The second-order valence-electron chi connectivity index (χ2n) is 7.97. The summed E-state index contributed by atoms with van der Waals surface area (Å²) in [6, 6.07) is 13.2. The average molecular weight is 408 g/mol. The zero-order chi connectivity index (χ0) is 21.4. The van der Waals surface area contributed by atoms with Gasteiger partial charge in [0.2, 0.25) is 0 Å². The van der Waals surface area contributed by atoms with E-state index in [1.807, 2.05) is 13.8 Å². The molecule has 0 spiro atoms. The van der Waals surface area contributed by atoms with Crippen LogP contribution < -0.4 is 14.9 Å². The molecule has 0 saturated carbocycles. The highest BCUT2D eigenvalue weighted by Crippen LogP contribution is 2.39. The zero-order valence-electron chi connectivity index (χ0n) is 18.4. The van der Waals surface area contributed by atoms with Crippen molar-refractivity contribution < 1.29 is 14.0 Å². The van der Waals surface area contributed by atoms with Crippen molar-refractivity contribution in [3.05, 3.63) is 64.5 Å². The summed E-state index contributed by atoms with van der Waals surface area (Å²) in [5.74, 6) is 2.35. The number of benzene rings is 2. The summed E-state index contributed by atoms with van der Waals surface area (Å²) < 4.78 is 16.5. The Morgan fingerprint density at radius 3 is 2.33 bits per heavy atom. The molecule has 6 heteroatoms. The van der Waals surface area contributed by atoms with Crippen molar-refractivity contribution in [3.8, 4) is 22.6 Å². The van der Waals surface area contributed by atoms with Gasteiger partial charge in [-0.2, -0.15) is 0 Å². The SMILES string of the molecule is COc1cc2c(cc1OC)C(c1ccc(-c3c(C)noc3C)cc1)N(C)N[C@H](C)C2. The van der Waals surface area contributed by atoms with E-state index < -0.39 is 0 Å². The molecule has 0 amide bonds. The molecule has 30 heavy (non-hydrogen) atoms. The Balaban J connectivity index is 1.80. The van der Waals surface area contributed by atoms with Gasteiger partial charge in [-0.15, -0.1) is 0 Å². The molecule has 1 unspecified atom stereocenters. The van der Waals surface area contributed by atoms with Gasteiger partial charge in [-0.1, -0.05) is 29.4 Å². The lowest BCUT2D eigenvalue weighted by Crippen LogP contribution is -2.42. The van der Waals surface area contributed by atoms with Crippen LogP contribution in [0.25, 0.3) is 11.1 Å². The fraction of sp³-hybridized carbons (Fsp3) is 0.375. The van der Waals surface area contributed by atoms with Crippen molar-refractivity contribution >= 4 is 0 Å². The van der Waals surface area contributed by atoms with Crippen molar-refractivity contribution in [2.24, 2.45) is 0 Å². The molecule has 1 N–H and O–H groups in total. The third-order valence-corrected chi connectivity index (χ3v) is 5.83. The van der Waals surface area contributed by atoms with E-state index >= 15 is 0 Å². The Kier molecular flexibility index (Phi) is 5.54. The lowest BCUT2D eigenvalue weighted by molar-refractivity contribution is 0.172. The first-order chi connectivity index (χ1) is 14.4. The number of hydrogen-bond acceptors (Lipinski definition) is 6. The maximum absolute atomic E-state index is 5.60. The third-order valence-electron chi connectivity index (χ3n) is 5.83. The molecule has 6 nitrogen and oxygen atoms in total. The molecule has 3 aromatic rings. The van der Waals surface area contributed by atoms with Gasteiger partial charge in [0.15, 0.2) is 11.5 Å². The Bertz CT molecular complexity index is 1020. The topological polar surface area (TPSA) is 59.8 Å². The molecular weight excluding hydrogens is 378 g/mol. The minimum absolute atomic E-state index is 0.0449. The second-order valence-corrected chi connectivity index (χ2v) is 7.97. The number of hydrazine groups is 1. The van der Waals surface area contributed by atoms with Crippen LogP contribution in [0.15, 0.2) is 40.9 Å². The van der Waals surface area contributed by atoms with E-state index in [9.17, 15) is 0 Å². The summed E-state index contributed by atoms with van der Waals surface area (Å²) in [6.07, 6.45) is 0.910. The second kappa shape index (κ2) is 8.13. The lowest BCUT2D eigenvalue weighted by Gasteiger charge is -2.29. The number of aryl methyl sites for hydroxylation is 2. The van der Waals surface area contributed by atoms with Crippen LogP contribution in [0.2, 0.25) is 0 Å². The maximum Gasteiger partial charge on any atom is 0.161 e. The smallest absolute Gasteiger partial charge is 0.161 e. The maximum atomic E-state index is 5.60. The van der Waals surface area contributed by atoms with Gasteiger partial charge in [-0.3, -0.25) is 5.43 Å². The predicted molar refractivity (Wildman–Crippen MR) is 117 cm³/mol. The summed E-state index contributed by atoms with van der Waals surface area (Å²) in [4.78, 5) is 0. The Morgan fingerprint density at radius 1 is 1.07 bits per heavy atom. The molecule has 1 aliphatic heterocycles. The number of aromatic nitrogens is 1. The molecule has 158 valence electrons. The number of fused-ring (bicyclic) bond motifs is 1. The zero-order valence-corrected chi connectivity index (χ0v) is 18.4. The Hall–Kier alpha value is -2.83. The highest BCUT2D eigenvalue weighted by atomic mass is 16.5. The fourth-order valence-corrected chi connectivity index (χ4v) is 4.50. The number of ether oxygens (including phenoxy) is 2. The quantitative estimate of drug-likeness (QED) is 0.690. The summed E-state index contributed by atoms with van der Waals surface area (Å²) in [5.41, 5.74) is 10.4. The molecule has 1 aromatic heterocycles. The standard InChI is InChI=1S/C24H29N3O3/c1-14-11-19-12-21(28-5)22(29-6)13-20(19)24(27(4)25-14)18-9-7-17(8-10-18)23-15(2)26-30-16(23)3/h7-10,12-14,24-25H,11H2,1-6H3/t14-,24?/m1/s1. The van der Waals surface area contributed by atoms with E-state index in [1.165, 1.54) is 16.7 Å². The number of nitrogens with one attached hydrogen (secondary N) is 1. The highest BCUT2D eigenvalue weighted by molar-refractivity contribution is 5.68. The fourth-order valence-electron chi connectivity index (χ4n) is 4.50. The minimum Gasteiger partial charge on any atom is -0.493 e. The Morgan fingerprint density at radius 2 is 1.73 bits per heavy atom. The molecule has 0 radical (unpaired) electrons. The normalized spacial score (nSPS) is 19.3. The molecule has 1 aliphatic rings. The van der Waals surface area contributed by atoms with Crippen LogP contribution in [0.1, 0.15) is 41.1 Å². The van der Waals surface area contributed by atoms with Gasteiger partial charge < -0.3 is 14.0 Å². The number of hydrogen-bond donors (Lipinski definition) is 1. The van der Waals surface area contributed by atoms with E-state index in [-0.39, 0.29) is 6.04 Å². The van der Waals surface area contributed by atoms with Crippen LogP contribution in [0.4, 0.5) is 0 Å². The molecule has 0 fully saturated rings. The first kappa shape index (κ1) is 20.4. The van der Waals surface area contributed by atoms with Crippen molar-refractivity contribution in [1.29, 1.82) is 0 Å². The van der Waals surface area contributed by atoms with Gasteiger partial charge in [-0.05, 0) is 61.6 Å². The van der Waals surface area contributed by atoms with E-state index in [1.54, 1.807) is 14.2 Å². The number of methoxy groups -OCH3 is 2. The largest absolute Gasteiger partial charge is 0.493 e. The molecule has 0 saturated heterocycles. The van der Waals surface area contributed by atoms with Gasteiger partial charge in [0.25, 0.3) is 0 Å². The van der Waals surface area contributed by atoms with E-state index in [4.69, 9.17) is 14.0 Å². The minimum atomic E-state index is 0.0449. The van der Waals surface area contributed by atoms with Crippen LogP contribution in [0, 0.1) is 13.8 Å². The van der Waals surface area contributed by atoms with Gasteiger partial charge in [0.1, 0.15) is 5.76 Å². The van der Waals surface area contributed by atoms with Gasteiger partial charge in [0.05, 0.1) is 26.0 Å². The summed E-state index contributed by atoms with van der Waals surface area (Å²) in [7, 11) is 5.45. The van der Waals surface area contributed by atoms with Crippen molar-refractivity contribution in [2.45, 2.75) is 39.3 Å². The van der Waals surface area contributed by atoms with Crippen molar-refractivity contribution in [2.75, 3.05) is 21.3 Å². The van der Waals surface area contributed by atoms with E-state index in [0.717, 1.165) is 40.5 Å². The average Bonchev–Trinajstić information content (AvgIpc) is 3.00. The molecular formula is C24H29N3O3. The highest BCUT2D eigenvalue weighted by Gasteiger charge is 2.29. The van der Waals surface area contributed by atoms with Gasteiger partial charge >= 0.3 is 0 Å². The van der Waals surface area contributed by atoms with Crippen LogP contribution in [0.3, 0.4) is 0 Å². The van der Waals surface area contributed by atoms with Crippen LogP contribution in [0.5, 0.6) is 11.5 Å². The molecule has 0 bridgehead atoms. The molecule has 2 heterocycles. The van der Waals surface area contributed by atoms with Crippen molar-refractivity contribution in [3.63, 3.8) is 0 Å². The van der Waals surface area contributed by atoms with Crippen LogP contribution >= 0.6 is 0 Å². The molecule has 2 atom stereocenters. The van der Waals surface area contributed by atoms with E-state index in [2.05, 4.69) is 66.0 Å². The summed E-state index contributed by atoms with van der Waals surface area (Å²) >= 11 is 0. The molecule has 2 aromatic carbocycles. The third kappa shape index (κ3) is 3.57. The van der Waals surface area contributed by atoms with Gasteiger partial charge in [0, 0.05) is 18.7 Å². The predicted octanol–water partition coefficient (Wildman–Crippen LogP) is 4.45. The number of rotatable bonds is 4. The van der Waals surface area contributed by atoms with Crippen LogP contribution in [-0.2, 0) is 6.42 Å². The lowest BCUT2D eigenvalue weighted by atomic mass is 9.91. The van der Waals surface area contributed by atoms with Gasteiger partial charge in [-0.25, -0.2) is 5.01 Å². The Labute approximate surface area is 177 Å². The summed E-state index contributed by atoms with van der Waals surface area (Å²) in [6.45, 7) is 6.11. The monoisotopic (exact) mass is 407 g/mol. The number of nitrogens with zero attached hydrogens (tertiary/aromatic N) is 2. The first-order valence-electron chi connectivity index (χ1n) is 10.2. The molecule has 0 aliphatic carbocycles. The first-order valence-corrected chi connectivity index (χ1v) is 10.2.